The lowest BCUT2D eigenvalue weighted by Crippen LogP contribution is -2.57. The van der Waals surface area contributed by atoms with Crippen molar-refractivity contribution in [1.29, 1.82) is 0 Å². The predicted molar refractivity (Wildman–Crippen MR) is 72.2 cm³/mol. The third kappa shape index (κ3) is 1.62. The molecule has 0 aliphatic heterocycles. The van der Waals surface area contributed by atoms with Crippen molar-refractivity contribution in [3.05, 3.63) is 0 Å². The van der Waals surface area contributed by atoms with Crippen LogP contribution in [0.3, 0.4) is 0 Å². The Labute approximate surface area is 111 Å². The first-order chi connectivity index (χ1) is 8.41. The van der Waals surface area contributed by atoms with Gasteiger partial charge < -0.3 is 0 Å². The molecule has 1 nitrogen and oxygen atoms in total. The highest BCUT2D eigenvalue weighted by atomic mass is 16.1. The van der Waals surface area contributed by atoms with Crippen molar-refractivity contribution in [1.82, 2.24) is 0 Å². The Kier molecular flexibility index (Phi) is 2.05. The number of Topliss-reactive ketones (excluding diaryl/α,β-unsaturated/α-hetero) is 1. The van der Waals surface area contributed by atoms with Gasteiger partial charge in [-0.2, -0.15) is 0 Å². The van der Waals surface area contributed by atoms with Gasteiger partial charge in [0.15, 0.2) is 0 Å². The fourth-order valence-electron chi connectivity index (χ4n) is 6.56. The zero-order valence-corrected chi connectivity index (χ0v) is 11.9. The highest BCUT2D eigenvalue weighted by Crippen LogP contribution is 2.70. The molecule has 0 amide bonds. The van der Waals surface area contributed by atoms with Gasteiger partial charge in [0.1, 0.15) is 5.78 Å². The van der Waals surface area contributed by atoms with E-state index in [-0.39, 0.29) is 5.41 Å². The van der Waals surface area contributed by atoms with Crippen molar-refractivity contribution in [3.8, 4) is 0 Å². The van der Waals surface area contributed by atoms with E-state index < -0.39 is 0 Å². The average Bonchev–Trinajstić information content (AvgIpc) is 2.95. The summed E-state index contributed by atoms with van der Waals surface area (Å²) in [5.41, 5.74) is 1.10. The zero-order chi connectivity index (χ0) is 12.6. The minimum absolute atomic E-state index is 0.117. The minimum atomic E-state index is 0.117. The molecule has 1 heteroatoms. The predicted octanol–water partition coefficient (Wildman–Crippen LogP) is 4.35. The van der Waals surface area contributed by atoms with Crippen molar-refractivity contribution in [2.45, 2.75) is 71.6 Å². The first kappa shape index (κ1) is 11.5. The van der Waals surface area contributed by atoms with Crippen LogP contribution in [0.2, 0.25) is 0 Å². The molecule has 5 rings (SSSR count). The largest absolute Gasteiger partial charge is 0.299 e. The summed E-state index contributed by atoms with van der Waals surface area (Å²) in [7, 11) is 0. The third-order valence-electron chi connectivity index (χ3n) is 6.39. The van der Waals surface area contributed by atoms with E-state index in [1.54, 1.807) is 0 Å². The first-order valence-corrected chi connectivity index (χ1v) is 7.94. The van der Waals surface area contributed by atoms with Gasteiger partial charge in [-0.3, -0.25) is 4.79 Å². The van der Waals surface area contributed by atoms with Crippen molar-refractivity contribution in [3.63, 3.8) is 0 Å². The lowest BCUT2D eigenvalue weighted by molar-refractivity contribution is -0.168. The van der Waals surface area contributed by atoms with E-state index in [0.717, 1.165) is 18.3 Å². The molecule has 0 heterocycles. The second kappa shape index (κ2) is 3.22. The van der Waals surface area contributed by atoms with Crippen LogP contribution in [0.15, 0.2) is 0 Å². The van der Waals surface area contributed by atoms with Crippen molar-refractivity contribution >= 4 is 5.78 Å². The average molecular weight is 246 g/mol. The van der Waals surface area contributed by atoms with Crippen LogP contribution < -0.4 is 0 Å². The molecular formula is C17H26O. The highest BCUT2D eigenvalue weighted by Gasteiger charge is 2.62. The van der Waals surface area contributed by atoms with Crippen molar-refractivity contribution in [2.24, 2.45) is 28.1 Å². The molecule has 5 aliphatic carbocycles. The Hall–Kier alpha value is -0.330. The normalized spacial score (nSPS) is 53.8. The molecule has 5 fully saturated rings. The van der Waals surface area contributed by atoms with Gasteiger partial charge >= 0.3 is 0 Å². The van der Waals surface area contributed by atoms with Crippen LogP contribution in [0, 0.1) is 28.1 Å². The molecule has 5 aliphatic rings. The van der Waals surface area contributed by atoms with Gasteiger partial charge in [-0.1, -0.05) is 13.8 Å². The molecule has 0 aromatic carbocycles. The summed E-state index contributed by atoms with van der Waals surface area (Å²) in [6, 6.07) is 0. The summed E-state index contributed by atoms with van der Waals surface area (Å²) in [5, 5.41) is 0. The van der Waals surface area contributed by atoms with Crippen LogP contribution in [-0.2, 0) is 4.79 Å². The first-order valence-electron chi connectivity index (χ1n) is 7.94. The molecule has 5 saturated carbocycles. The number of carbonyl (C=O) groups is 1. The van der Waals surface area contributed by atoms with Crippen molar-refractivity contribution < 1.29 is 4.79 Å². The van der Waals surface area contributed by atoms with Gasteiger partial charge in [-0.15, -0.1) is 0 Å². The lowest BCUT2D eigenvalue weighted by Gasteiger charge is -2.64. The summed E-state index contributed by atoms with van der Waals surface area (Å²) >= 11 is 0. The number of hydrogen-bond acceptors (Lipinski definition) is 1. The van der Waals surface area contributed by atoms with Gasteiger partial charge in [0.25, 0.3) is 0 Å². The topological polar surface area (TPSA) is 17.1 Å². The van der Waals surface area contributed by atoms with Crippen molar-refractivity contribution in [2.75, 3.05) is 0 Å². The highest BCUT2D eigenvalue weighted by molar-refractivity contribution is 5.86. The molecule has 0 spiro atoms. The summed E-state index contributed by atoms with van der Waals surface area (Å²) in [6.45, 7) is 4.93. The van der Waals surface area contributed by atoms with E-state index >= 15 is 0 Å². The van der Waals surface area contributed by atoms with Crippen LogP contribution >= 0.6 is 0 Å². The van der Waals surface area contributed by atoms with Crippen LogP contribution in [0.1, 0.15) is 71.6 Å². The fraction of sp³-hybridized carbons (Fsp3) is 0.941. The van der Waals surface area contributed by atoms with Gasteiger partial charge in [0, 0.05) is 11.8 Å². The molecule has 0 N–H and O–H groups in total. The molecule has 0 saturated heterocycles. The van der Waals surface area contributed by atoms with Gasteiger partial charge in [0.05, 0.1) is 0 Å². The molecule has 4 bridgehead atoms. The van der Waals surface area contributed by atoms with Gasteiger partial charge in [0.2, 0.25) is 0 Å². The van der Waals surface area contributed by atoms with E-state index in [9.17, 15) is 4.79 Å². The molecule has 0 aromatic heterocycles. The Morgan fingerprint density at radius 3 is 2.11 bits per heavy atom. The summed E-state index contributed by atoms with van der Waals surface area (Å²) in [6.07, 6.45) is 11.4. The molecular weight excluding hydrogens is 220 g/mol. The summed E-state index contributed by atoms with van der Waals surface area (Å²) < 4.78 is 0. The number of rotatable bonds is 3. The second-order valence-corrected chi connectivity index (χ2v) is 8.98. The molecule has 2 atom stereocenters. The molecule has 2 unspecified atom stereocenters. The van der Waals surface area contributed by atoms with Gasteiger partial charge in [-0.05, 0) is 74.0 Å². The van der Waals surface area contributed by atoms with E-state index in [1.807, 2.05) is 0 Å². The quantitative estimate of drug-likeness (QED) is 0.723. The maximum atomic E-state index is 12.8. The molecule has 0 aromatic rings. The Bertz CT molecular complexity index is 388. The van der Waals surface area contributed by atoms with E-state index in [1.165, 1.54) is 51.4 Å². The van der Waals surface area contributed by atoms with E-state index in [2.05, 4.69) is 13.8 Å². The summed E-state index contributed by atoms with van der Waals surface area (Å²) in [5.74, 6) is 2.29. The SMILES string of the molecule is CC12CC3CC(C)(C1)CC(C(=O)CC1CC1)(C3)C2. The molecule has 18 heavy (non-hydrogen) atoms. The van der Waals surface area contributed by atoms with Crippen LogP contribution in [0.4, 0.5) is 0 Å². The second-order valence-electron chi connectivity index (χ2n) is 8.98. The smallest absolute Gasteiger partial charge is 0.139 e. The third-order valence-corrected chi connectivity index (χ3v) is 6.39. The monoisotopic (exact) mass is 246 g/mol. The fourth-order valence-corrected chi connectivity index (χ4v) is 6.56. The standard InChI is InChI=1S/C17H26O/c1-15-6-13-7-16(2,9-15)11-17(8-13,10-15)14(18)5-12-3-4-12/h12-13H,3-11H2,1-2H3. The lowest BCUT2D eigenvalue weighted by atomic mass is 9.39. The maximum absolute atomic E-state index is 12.8. The number of ketones is 1. The van der Waals surface area contributed by atoms with Crippen LogP contribution in [-0.4, -0.2) is 5.78 Å². The molecule has 0 radical (unpaired) electrons. The van der Waals surface area contributed by atoms with Crippen LogP contribution in [0.5, 0.6) is 0 Å². The van der Waals surface area contributed by atoms with Crippen LogP contribution in [0.25, 0.3) is 0 Å². The Morgan fingerprint density at radius 2 is 1.61 bits per heavy atom. The Morgan fingerprint density at radius 1 is 1.00 bits per heavy atom. The number of hydrogen-bond donors (Lipinski definition) is 0. The number of carbonyl (C=O) groups excluding carboxylic acids is 1. The zero-order valence-electron chi connectivity index (χ0n) is 11.9. The van der Waals surface area contributed by atoms with E-state index in [4.69, 9.17) is 0 Å². The Balaban J connectivity index is 1.66. The maximum Gasteiger partial charge on any atom is 0.139 e. The molecule has 100 valence electrons. The summed E-state index contributed by atoms with van der Waals surface area (Å²) in [4.78, 5) is 12.8. The van der Waals surface area contributed by atoms with E-state index in [0.29, 0.717) is 16.6 Å². The van der Waals surface area contributed by atoms with Gasteiger partial charge in [-0.25, -0.2) is 0 Å². The minimum Gasteiger partial charge on any atom is -0.299 e.